The monoisotopic (exact) mass is 424 g/mol. The number of pyridine rings is 1. The van der Waals surface area contributed by atoms with Gasteiger partial charge in [-0.15, -0.1) is 0 Å². The molecule has 0 atom stereocenters. The number of fused-ring (bicyclic) bond motifs is 1. The maximum absolute atomic E-state index is 11.8. The van der Waals surface area contributed by atoms with E-state index in [2.05, 4.69) is 47.8 Å². The highest BCUT2D eigenvalue weighted by Gasteiger charge is 2.06. The lowest BCUT2D eigenvalue weighted by Gasteiger charge is -2.07. The summed E-state index contributed by atoms with van der Waals surface area (Å²) in [6.45, 7) is 1.62. The van der Waals surface area contributed by atoms with Crippen LogP contribution >= 0.6 is 11.6 Å². The first-order valence-electron chi connectivity index (χ1n) is 10.3. The number of ketones is 1. The fraction of sp³-hybridized carbons (Fsp3) is 0.107. The van der Waals surface area contributed by atoms with E-state index in [-0.39, 0.29) is 5.78 Å². The fourth-order valence-electron chi connectivity index (χ4n) is 3.65. The first-order chi connectivity index (χ1) is 15.1. The van der Waals surface area contributed by atoms with Crippen LogP contribution in [0, 0.1) is 6.42 Å². The maximum Gasteiger partial charge on any atom is 0.160 e. The molecule has 0 saturated heterocycles. The van der Waals surface area contributed by atoms with E-state index in [1.807, 2.05) is 54.6 Å². The summed E-state index contributed by atoms with van der Waals surface area (Å²) in [5, 5.41) is 1.76. The number of carbonyl (C=O) groups is 1. The number of halogens is 1. The van der Waals surface area contributed by atoms with E-state index in [1.165, 1.54) is 5.56 Å². The molecular formula is C28H23ClNO. The number of nitrogens with zero attached hydrogens (tertiary/aromatic N) is 1. The summed E-state index contributed by atoms with van der Waals surface area (Å²) in [7, 11) is 0. The van der Waals surface area contributed by atoms with Crippen molar-refractivity contribution in [2.24, 2.45) is 0 Å². The van der Waals surface area contributed by atoms with Crippen molar-refractivity contribution < 1.29 is 4.79 Å². The molecule has 4 aromatic rings. The number of Topliss-reactive ketones (excluding diaryl/α,β-unsaturated/α-hetero) is 1. The Morgan fingerprint density at radius 2 is 1.71 bits per heavy atom. The molecule has 0 fully saturated rings. The van der Waals surface area contributed by atoms with Crippen LogP contribution in [-0.2, 0) is 6.42 Å². The van der Waals surface area contributed by atoms with E-state index >= 15 is 0 Å². The van der Waals surface area contributed by atoms with Crippen LogP contribution < -0.4 is 0 Å². The molecule has 0 bridgehead atoms. The molecule has 0 amide bonds. The normalized spacial score (nSPS) is 11.3. The van der Waals surface area contributed by atoms with Crippen molar-refractivity contribution in [3.63, 3.8) is 0 Å². The van der Waals surface area contributed by atoms with Crippen LogP contribution in [0.3, 0.4) is 0 Å². The molecule has 0 aliphatic carbocycles. The van der Waals surface area contributed by atoms with Crippen LogP contribution in [-0.4, -0.2) is 10.8 Å². The summed E-state index contributed by atoms with van der Waals surface area (Å²) in [5.41, 5.74) is 5.99. The van der Waals surface area contributed by atoms with Crippen LogP contribution in [0.15, 0.2) is 78.9 Å². The molecule has 1 radical (unpaired) electrons. The molecule has 1 aromatic heterocycles. The molecule has 2 nitrogen and oxygen atoms in total. The molecule has 0 spiro atoms. The number of aryl methyl sites for hydroxylation is 1. The number of rotatable bonds is 7. The van der Waals surface area contributed by atoms with Gasteiger partial charge in [-0.3, -0.25) is 4.79 Å². The summed E-state index contributed by atoms with van der Waals surface area (Å²) in [4.78, 5) is 16.5. The van der Waals surface area contributed by atoms with Crippen LogP contribution in [0.25, 0.3) is 23.1 Å². The minimum Gasteiger partial charge on any atom is -0.295 e. The van der Waals surface area contributed by atoms with Crippen molar-refractivity contribution in [2.75, 3.05) is 0 Å². The third-order valence-corrected chi connectivity index (χ3v) is 5.46. The van der Waals surface area contributed by atoms with Gasteiger partial charge in [0.15, 0.2) is 5.78 Å². The van der Waals surface area contributed by atoms with E-state index in [9.17, 15) is 4.79 Å². The van der Waals surface area contributed by atoms with Crippen molar-refractivity contribution in [2.45, 2.75) is 19.8 Å². The van der Waals surface area contributed by atoms with Gasteiger partial charge < -0.3 is 0 Å². The van der Waals surface area contributed by atoms with Gasteiger partial charge in [-0.25, -0.2) is 4.98 Å². The highest BCUT2D eigenvalue weighted by molar-refractivity contribution is 6.31. The second kappa shape index (κ2) is 9.72. The zero-order chi connectivity index (χ0) is 21.6. The Balaban J connectivity index is 1.42. The molecule has 4 rings (SSSR count). The SMILES string of the molecule is CC(=O)c1ccccc1CC[CH]c1cccc(C=Cc2ccc3ccc(Cl)cc3n2)c1. The van der Waals surface area contributed by atoms with Gasteiger partial charge in [-0.1, -0.05) is 78.3 Å². The number of aromatic nitrogens is 1. The predicted octanol–water partition coefficient (Wildman–Crippen LogP) is 7.45. The summed E-state index contributed by atoms with van der Waals surface area (Å²) >= 11 is 6.09. The number of carbonyl (C=O) groups excluding carboxylic acids is 1. The van der Waals surface area contributed by atoms with Gasteiger partial charge in [0.25, 0.3) is 0 Å². The van der Waals surface area contributed by atoms with Gasteiger partial charge >= 0.3 is 0 Å². The van der Waals surface area contributed by atoms with Crippen molar-refractivity contribution in [3.05, 3.63) is 118 Å². The summed E-state index contributed by atoms with van der Waals surface area (Å²) < 4.78 is 0. The Kier molecular flexibility index (Phi) is 6.59. The third-order valence-electron chi connectivity index (χ3n) is 5.22. The van der Waals surface area contributed by atoms with Crippen molar-refractivity contribution in [1.82, 2.24) is 4.98 Å². The summed E-state index contributed by atoms with van der Waals surface area (Å²) in [6.07, 6.45) is 8.03. The Labute approximate surface area is 188 Å². The fourth-order valence-corrected chi connectivity index (χ4v) is 3.81. The van der Waals surface area contributed by atoms with Gasteiger partial charge in [0.1, 0.15) is 0 Å². The van der Waals surface area contributed by atoms with Gasteiger partial charge in [0.05, 0.1) is 11.2 Å². The van der Waals surface area contributed by atoms with Crippen LogP contribution in [0.4, 0.5) is 0 Å². The van der Waals surface area contributed by atoms with Gasteiger partial charge in [0, 0.05) is 16.0 Å². The molecule has 0 saturated carbocycles. The first kappa shape index (κ1) is 21.0. The average Bonchev–Trinajstić information content (AvgIpc) is 2.78. The largest absolute Gasteiger partial charge is 0.295 e. The molecule has 1 heterocycles. The van der Waals surface area contributed by atoms with Gasteiger partial charge in [-0.2, -0.15) is 0 Å². The minimum absolute atomic E-state index is 0.118. The van der Waals surface area contributed by atoms with Crippen molar-refractivity contribution in [3.8, 4) is 0 Å². The van der Waals surface area contributed by atoms with E-state index in [0.717, 1.165) is 46.1 Å². The topological polar surface area (TPSA) is 30.0 Å². The second-order valence-corrected chi connectivity index (χ2v) is 7.97. The molecule has 31 heavy (non-hydrogen) atoms. The van der Waals surface area contributed by atoms with E-state index < -0.39 is 0 Å². The number of benzene rings is 3. The molecule has 0 aliphatic heterocycles. The Bertz CT molecular complexity index is 1260. The van der Waals surface area contributed by atoms with Gasteiger partial charge in [0.2, 0.25) is 0 Å². The second-order valence-electron chi connectivity index (χ2n) is 7.53. The first-order valence-corrected chi connectivity index (χ1v) is 10.7. The van der Waals surface area contributed by atoms with Gasteiger partial charge in [-0.05, 0) is 67.2 Å². The summed E-state index contributed by atoms with van der Waals surface area (Å²) in [5.74, 6) is 0.118. The highest BCUT2D eigenvalue weighted by atomic mass is 35.5. The molecule has 153 valence electrons. The van der Waals surface area contributed by atoms with E-state index in [0.29, 0.717) is 5.02 Å². The smallest absolute Gasteiger partial charge is 0.160 e. The minimum atomic E-state index is 0.118. The molecule has 3 aromatic carbocycles. The molecule has 0 N–H and O–H groups in total. The van der Waals surface area contributed by atoms with Crippen molar-refractivity contribution >= 4 is 40.4 Å². The Morgan fingerprint density at radius 3 is 2.58 bits per heavy atom. The third kappa shape index (κ3) is 5.48. The Hall–Kier alpha value is -3.23. The van der Waals surface area contributed by atoms with Crippen LogP contribution in [0.1, 0.15) is 46.1 Å². The molecule has 0 unspecified atom stereocenters. The van der Waals surface area contributed by atoms with Crippen LogP contribution in [0.5, 0.6) is 0 Å². The quantitative estimate of drug-likeness (QED) is 0.288. The lowest BCUT2D eigenvalue weighted by Crippen LogP contribution is -1.99. The maximum atomic E-state index is 11.8. The predicted molar refractivity (Wildman–Crippen MR) is 130 cm³/mol. The molecular weight excluding hydrogens is 402 g/mol. The number of hydrogen-bond donors (Lipinski definition) is 0. The average molecular weight is 425 g/mol. The van der Waals surface area contributed by atoms with Crippen LogP contribution in [0.2, 0.25) is 5.02 Å². The summed E-state index contributed by atoms with van der Waals surface area (Å²) in [6, 6.07) is 26.0. The van der Waals surface area contributed by atoms with Crippen molar-refractivity contribution in [1.29, 1.82) is 0 Å². The lowest BCUT2D eigenvalue weighted by molar-refractivity contribution is 0.101. The number of hydrogen-bond acceptors (Lipinski definition) is 2. The lowest BCUT2D eigenvalue weighted by atomic mass is 9.97. The molecule has 0 aliphatic rings. The highest BCUT2D eigenvalue weighted by Crippen LogP contribution is 2.20. The Morgan fingerprint density at radius 1 is 0.903 bits per heavy atom. The zero-order valence-electron chi connectivity index (χ0n) is 17.4. The zero-order valence-corrected chi connectivity index (χ0v) is 18.1. The molecule has 3 heteroatoms. The standard InChI is InChI=1S/C28H23ClNO/c1-20(31)27-11-3-2-9-23(27)10-5-8-21-6-4-7-22(18-21)12-16-26-17-14-24-13-15-25(29)19-28(24)30-26/h2-4,6-9,11-19H,5,10H2,1H3. The van der Waals surface area contributed by atoms with E-state index in [1.54, 1.807) is 6.92 Å². The van der Waals surface area contributed by atoms with E-state index in [4.69, 9.17) is 11.6 Å².